The molecular weight excluding hydrogens is 665 g/mol. The summed E-state index contributed by atoms with van der Waals surface area (Å²) in [6, 6.07) is 67.0. The van der Waals surface area contributed by atoms with Gasteiger partial charge >= 0.3 is 0 Å². The first-order chi connectivity index (χ1) is 27.3. The Morgan fingerprint density at radius 2 is 0.909 bits per heavy atom. The van der Waals surface area contributed by atoms with Gasteiger partial charge in [-0.05, 0) is 107 Å². The molecule has 0 saturated heterocycles. The van der Waals surface area contributed by atoms with Crippen LogP contribution in [0, 0.1) is 0 Å². The second-order valence-electron chi connectivity index (χ2n) is 14.6. The molecule has 1 aliphatic carbocycles. The lowest BCUT2D eigenvalue weighted by Gasteiger charge is -2.20. The van der Waals surface area contributed by atoms with Crippen molar-refractivity contribution in [3.8, 4) is 61.3 Å². The molecule has 12 rings (SSSR count). The van der Waals surface area contributed by atoms with Crippen LogP contribution in [0.1, 0.15) is 0 Å². The Kier molecular flexibility index (Phi) is 6.37. The molecule has 0 spiro atoms. The van der Waals surface area contributed by atoms with Crippen LogP contribution in [0.3, 0.4) is 0 Å². The average Bonchev–Trinajstić information content (AvgIpc) is 3.77. The van der Waals surface area contributed by atoms with E-state index in [1.807, 2.05) is 18.5 Å². The van der Waals surface area contributed by atoms with Gasteiger partial charge in [-0.25, -0.2) is 0 Å². The van der Waals surface area contributed by atoms with Crippen molar-refractivity contribution in [2.75, 3.05) is 0 Å². The number of aromatic nitrogens is 2. The number of para-hydroxylation sites is 1. The summed E-state index contributed by atoms with van der Waals surface area (Å²) in [6.07, 6.45) is 3.81. The summed E-state index contributed by atoms with van der Waals surface area (Å²) in [7, 11) is 0. The number of hydrogen-bond acceptors (Lipinski definition) is 1. The smallest absolute Gasteiger partial charge is 0.0645 e. The minimum atomic E-state index is 1.06. The van der Waals surface area contributed by atoms with Gasteiger partial charge in [-0.1, -0.05) is 158 Å². The van der Waals surface area contributed by atoms with Gasteiger partial charge in [0.25, 0.3) is 0 Å². The van der Waals surface area contributed by atoms with E-state index < -0.39 is 0 Å². The number of nitrogens with zero attached hydrogens (tertiary/aromatic N) is 2. The third kappa shape index (κ3) is 4.22. The summed E-state index contributed by atoms with van der Waals surface area (Å²) >= 11 is 0. The van der Waals surface area contributed by atoms with E-state index in [9.17, 15) is 0 Å². The summed E-state index contributed by atoms with van der Waals surface area (Å²) < 4.78 is 2.38. The Morgan fingerprint density at radius 1 is 0.345 bits per heavy atom. The maximum atomic E-state index is 4.52. The lowest BCUT2D eigenvalue weighted by atomic mass is 9.82. The molecule has 254 valence electrons. The highest BCUT2D eigenvalue weighted by atomic mass is 15.0. The van der Waals surface area contributed by atoms with Crippen molar-refractivity contribution in [1.82, 2.24) is 9.55 Å². The number of benzene rings is 9. The second kappa shape index (κ2) is 11.6. The van der Waals surface area contributed by atoms with Gasteiger partial charge in [0, 0.05) is 22.4 Å². The summed E-state index contributed by atoms with van der Waals surface area (Å²) in [4.78, 5) is 4.52. The minimum Gasteiger partial charge on any atom is -0.307 e. The van der Waals surface area contributed by atoms with Crippen molar-refractivity contribution < 1.29 is 0 Å². The van der Waals surface area contributed by atoms with E-state index in [0.29, 0.717) is 0 Å². The van der Waals surface area contributed by atoms with Crippen molar-refractivity contribution in [2.45, 2.75) is 0 Å². The van der Waals surface area contributed by atoms with Gasteiger partial charge in [-0.15, -0.1) is 0 Å². The van der Waals surface area contributed by atoms with E-state index in [2.05, 4.69) is 185 Å². The largest absolute Gasteiger partial charge is 0.307 e. The number of fused-ring (bicyclic) bond motifs is 9. The van der Waals surface area contributed by atoms with E-state index >= 15 is 0 Å². The molecule has 9 aromatic carbocycles. The fraction of sp³-hybridized carbons (Fsp3) is 0. The van der Waals surface area contributed by atoms with E-state index in [0.717, 1.165) is 5.69 Å². The molecule has 2 nitrogen and oxygen atoms in total. The molecular formula is C53H32N2. The highest BCUT2D eigenvalue weighted by Gasteiger charge is 2.31. The van der Waals surface area contributed by atoms with E-state index in [4.69, 9.17) is 0 Å². The lowest BCUT2D eigenvalue weighted by molar-refractivity contribution is 1.15. The second-order valence-corrected chi connectivity index (χ2v) is 14.6. The maximum Gasteiger partial charge on any atom is 0.0645 e. The quantitative estimate of drug-likeness (QED) is 0.179. The Hall–Kier alpha value is -7.29. The van der Waals surface area contributed by atoms with Crippen LogP contribution < -0.4 is 0 Å². The van der Waals surface area contributed by atoms with Gasteiger partial charge in [0.05, 0.1) is 22.9 Å². The van der Waals surface area contributed by atoms with Gasteiger partial charge < -0.3 is 4.57 Å². The van der Waals surface area contributed by atoms with Crippen molar-refractivity contribution in [3.05, 3.63) is 194 Å². The SMILES string of the molecule is c1ccc(-c2c3c(c(-c4ccccc4)c4ccccc24)-c2ccc(-c4cc5c6ccccc6n(-c6cccnc6)c5c5ccccc45)c4cccc-3c24)cc1. The standard InChI is InChI=1S/C53H32N2/c1-3-15-33(16-4-1)48-40-22-8-9-23-41(40)49(34-17-5-2-6-18-34)52-44-29-28-37(39-25-13-26-43(50(39)44)51(48)52)45-31-46-38-21-11-12-27-47(38)55(35-19-14-30-54-32-35)53(46)42-24-10-7-20-36(42)45/h1-32H. The number of hydrogen-bond donors (Lipinski definition) is 0. The predicted molar refractivity (Wildman–Crippen MR) is 232 cm³/mol. The van der Waals surface area contributed by atoms with Crippen LogP contribution >= 0.6 is 0 Å². The first-order valence-corrected chi connectivity index (χ1v) is 19.0. The molecule has 0 unspecified atom stereocenters. The van der Waals surface area contributed by atoms with Crippen molar-refractivity contribution in [2.24, 2.45) is 0 Å². The molecule has 55 heavy (non-hydrogen) atoms. The molecule has 0 fully saturated rings. The molecule has 11 aromatic rings. The minimum absolute atomic E-state index is 1.06. The zero-order chi connectivity index (χ0) is 36.0. The summed E-state index contributed by atoms with van der Waals surface area (Å²) in [5, 5.41) is 10.1. The van der Waals surface area contributed by atoms with Gasteiger partial charge in [0.15, 0.2) is 0 Å². The molecule has 2 aromatic heterocycles. The predicted octanol–water partition coefficient (Wildman–Crippen LogP) is 14.3. The highest BCUT2D eigenvalue weighted by Crippen LogP contribution is 2.58. The molecule has 0 aliphatic heterocycles. The topological polar surface area (TPSA) is 17.8 Å². The Balaban J connectivity index is 1.21. The van der Waals surface area contributed by atoms with E-state index in [1.54, 1.807) is 0 Å². The molecule has 1 aliphatic rings. The van der Waals surface area contributed by atoms with Gasteiger partial charge in [0.2, 0.25) is 0 Å². The fourth-order valence-corrected chi connectivity index (χ4v) is 9.64. The lowest BCUT2D eigenvalue weighted by Crippen LogP contribution is -1.95. The van der Waals surface area contributed by atoms with E-state index in [-0.39, 0.29) is 0 Å². The first-order valence-electron chi connectivity index (χ1n) is 19.0. The highest BCUT2D eigenvalue weighted by molar-refractivity contribution is 6.30. The Bertz CT molecular complexity index is 3250. The molecule has 2 heteroatoms. The summed E-state index contributed by atoms with van der Waals surface area (Å²) in [5.41, 5.74) is 16.2. The molecule has 0 N–H and O–H groups in total. The number of rotatable bonds is 4. The number of pyridine rings is 1. The van der Waals surface area contributed by atoms with Crippen LogP contribution in [0.2, 0.25) is 0 Å². The molecule has 0 saturated carbocycles. The third-order valence-corrected chi connectivity index (χ3v) is 11.8. The molecule has 0 atom stereocenters. The zero-order valence-corrected chi connectivity index (χ0v) is 29.9. The van der Waals surface area contributed by atoms with Crippen LogP contribution in [0.25, 0.3) is 115 Å². The normalized spacial score (nSPS) is 12.0. The van der Waals surface area contributed by atoms with Gasteiger partial charge in [-0.3, -0.25) is 4.98 Å². The summed E-state index contributed by atoms with van der Waals surface area (Å²) in [6.45, 7) is 0. The maximum absolute atomic E-state index is 4.52. The van der Waals surface area contributed by atoms with Gasteiger partial charge in [-0.2, -0.15) is 0 Å². The van der Waals surface area contributed by atoms with E-state index in [1.165, 1.54) is 110 Å². The molecule has 2 heterocycles. The third-order valence-electron chi connectivity index (χ3n) is 11.8. The fourth-order valence-electron chi connectivity index (χ4n) is 9.64. The average molecular weight is 697 g/mol. The van der Waals surface area contributed by atoms with Crippen molar-refractivity contribution in [3.63, 3.8) is 0 Å². The van der Waals surface area contributed by atoms with Crippen molar-refractivity contribution in [1.29, 1.82) is 0 Å². The molecule has 0 amide bonds. The Labute approximate surface area is 318 Å². The zero-order valence-electron chi connectivity index (χ0n) is 29.9. The van der Waals surface area contributed by atoms with Crippen LogP contribution in [0.4, 0.5) is 0 Å². The van der Waals surface area contributed by atoms with Crippen LogP contribution in [0.5, 0.6) is 0 Å². The summed E-state index contributed by atoms with van der Waals surface area (Å²) in [5.74, 6) is 0. The Morgan fingerprint density at radius 3 is 1.58 bits per heavy atom. The van der Waals surface area contributed by atoms with Crippen LogP contribution in [0.15, 0.2) is 194 Å². The van der Waals surface area contributed by atoms with Crippen LogP contribution in [-0.4, -0.2) is 9.55 Å². The van der Waals surface area contributed by atoms with Crippen LogP contribution in [-0.2, 0) is 0 Å². The monoisotopic (exact) mass is 696 g/mol. The van der Waals surface area contributed by atoms with Gasteiger partial charge in [0.1, 0.15) is 0 Å². The first kappa shape index (κ1) is 30.2. The molecule has 0 bridgehead atoms. The van der Waals surface area contributed by atoms with Crippen molar-refractivity contribution >= 4 is 54.1 Å². The molecule has 0 radical (unpaired) electrons.